The van der Waals surface area contributed by atoms with Crippen molar-refractivity contribution in [2.75, 3.05) is 25.1 Å². The molecule has 0 saturated heterocycles. The molecule has 0 spiro atoms. The first-order chi connectivity index (χ1) is 12.6. The third-order valence-electron chi connectivity index (χ3n) is 3.90. The number of phenols is 1. The Balaban J connectivity index is 1.59. The summed E-state index contributed by atoms with van der Waals surface area (Å²) in [6, 6.07) is 8.79. The predicted octanol–water partition coefficient (Wildman–Crippen LogP) is 2.86. The molecule has 0 bridgehead atoms. The maximum Gasteiger partial charge on any atom is 0.131 e. The number of aliphatic hydroxyl groups excluding tert-OH is 1. The predicted molar refractivity (Wildman–Crippen MR) is 108 cm³/mol. The number of thioether (sulfide) groups is 1. The monoisotopic (exact) mass is 394 g/mol. The summed E-state index contributed by atoms with van der Waals surface area (Å²) in [5.41, 5.74) is 1.91. The highest BCUT2D eigenvalue weighted by atomic mass is 32.2. The lowest BCUT2D eigenvalue weighted by molar-refractivity contribution is 0.174. The average molecular weight is 395 g/mol. The molecule has 5 nitrogen and oxygen atoms in total. The minimum Gasteiger partial charge on any atom is -0.507 e. The molecule has 1 aromatic carbocycles. The summed E-state index contributed by atoms with van der Waals surface area (Å²) in [7, 11) is -1.28. The number of rotatable bonds is 11. The topological polar surface area (TPSA) is 82.5 Å². The van der Waals surface area contributed by atoms with Crippen molar-refractivity contribution in [2.24, 2.45) is 0 Å². The molecule has 0 amide bonds. The number of aliphatic hydroxyl groups is 1. The van der Waals surface area contributed by atoms with E-state index in [0.717, 1.165) is 30.9 Å². The second kappa shape index (κ2) is 11.3. The molecule has 142 valence electrons. The van der Waals surface area contributed by atoms with Crippen LogP contribution in [-0.4, -0.2) is 44.5 Å². The van der Waals surface area contributed by atoms with Crippen LogP contribution >= 0.6 is 11.8 Å². The van der Waals surface area contributed by atoms with Gasteiger partial charge in [0.2, 0.25) is 0 Å². The number of hydrogen-bond donors (Lipinski definition) is 3. The van der Waals surface area contributed by atoms with Crippen molar-refractivity contribution in [1.82, 2.24) is 10.3 Å². The summed E-state index contributed by atoms with van der Waals surface area (Å²) in [4.78, 5) is 4.46. The van der Waals surface area contributed by atoms with E-state index < -0.39 is 16.9 Å². The molecule has 0 fully saturated rings. The van der Waals surface area contributed by atoms with Gasteiger partial charge in [-0.1, -0.05) is 12.1 Å². The highest BCUT2D eigenvalue weighted by Gasteiger charge is 2.12. The Labute approximate surface area is 161 Å². The number of pyridine rings is 1. The van der Waals surface area contributed by atoms with E-state index in [0.29, 0.717) is 17.0 Å². The Hall–Kier alpha value is -1.41. The Morgan fingerprint density at radius 3 is 2.88 bits per heavy atom. The van der Waals surface area contributed by atoms with Crippen molar-refractivity contribution in [3.63, 3.8) is 0 Å². The van der Waals surface area contributed by atoms with Gasteiger partial charge in [-0.2, -0.15) is 11.8 Å². The van der Waals surface area contributed by atoms with E-state index in [1.165, 1.54) is 17.9 Å². The van der Waals surface area contributed by atoms with Crippen molar-refractivity contribution in [3.05, 3.63) is 53.9 Å². The Kier molecular flexibility index (Phi) is 9.11. The number of phenolic OH excluding ortho intramolecular Hbond substituents is 1. The van der Waals surface area contributed by atoms with Crippen molar-refractivity contribution >= 4 is 22.6 Å². The molecule has 7 heteroatoms. The van der Waals surface area contributed by atoms with Gasteiger partial charge in [0.05, 0.1) is 21.8 Å². The molecule has 0 radical (unpaired) electrons. The van der Waals surface area contributed by atoms with Crippen LogP contribution in [0.15, 0.2) is 47.6 Å². The maximum absolute atomic E-state index is 11.6. The first-order valence-corrected chi connectivity index (χ1v) is 11.3. The van der Waals surface area contributed by atoms with Crippen LogP contribution in [0.3, 0.4) is 0 Å². The Bertz CT molecular complexity index is 698. The Morgan fingerprint density at radius 2 is 2.15 bits per heavy atom. The molecule has 2 rings (SSSR count). The molecule has 2 atom stereocenters. The van der Waals surface area contributed by atoms with Gasteiger partial charge in [0, 0.05) is 30.9 Å². The molecule has 0 aliphatic rings. The van der Waals surface area contributed by atoms with Gasteiger partial charge in [-0.05, 0) is 54.5 Å². The molecule has 0 aliphatic heterocycles. The smallest absolute Gasteiger partial charge is 0.131 e. The summed E-state index contributed by atoms with van der Waals surface area (Å²) in [6.45, 7) is 1.28. The van der Waals surface area contributed by atoms with E-state index in [-0.39, 0.29) is 5.75 Å². The number of benzene rings is 1. The fourth-order valence-electron chi connectivity index (χ4n) is 2.45. The lowest BCUT2D eigenvalue weighted by atomic mass is 10.1. The zero-order chi connectivity index (χ0) is 18.8. The van der Waals surface area contributed by atoms with E-state index in [1.54, 1.807) is 18.3 Å². The Morgan fingerprint density at radius 1 is 1.31 bits per heavy atom. The second-order valence-corrected chi connectivity index (χ2v) is 8.48. The second-order valence-electron chi connectivity index (χ2n) is 6.02. The summed E-state index contributed by atoms with van der Waals surface area (Å²) in [6.07, 6.45) is 6.68. The number of aromatic nitrogens is 1. The normalized spacial score (nSPS) is 13.5. The van der Waals surface area contributed by atoms with E-state index in [4.69, 9.17) is 0 Å². The summed E-state index contributed by atoms with van der Waals surface area (Å²) in [5.74, 6) is 2.09. The van der Waals surface area contributed by atoms with E-state index in [1.807, 2.05) is 24.0 Å². The van der Waals surface area contributed by atoms with Gasteiger partial charge >= 0.3 is 0 Å². The highest BCUT2D eigenvalue weighted by Crippen LogP contribution is 2.24. The molecule has 2 unspecified atom stereocenters. The molecule has 3 N–H and O–H groups in total. The van der Waals surface area contributed by atoms with Gasteiger partial charge in [0.15, 0.2) is 0 Å². The van der Waals surface area contributed by atoms with Crippen LogP contribution in [0.25, 0.3) is 0 Å². The van der Waals surface area contributed by atoms with Crippen LogP contribution < -0.4 is 5.32 Å². The van der Waals surface area contributed by atoms with E-state index in [2.05, 4.69) is 16.4 Å². The fraction of sp³-hybridized carbons (Fsp3) is 0.421. The van der Waals surface area contributed by atoms with Crippen LogP contribution in [0.1, 0.15) is 30.1 Å². The van der Waals surface area contributed by atoms with Gasteiger partial charge in [0.1, 0.15) is 5.75 Å². The van der Waals surface area contributed by atoms with Crippen LogP contribution in [0.4, 0.5) is 0 Å². The lowest BCUT2D eigenvalue weighted by Gasteiger charge is -2.13. The van der Waals surface area contributed by atoms with Crippen LogP contribution in [-0.2, 0) is 16.6 Å². The highest BCUT2D eigenvalue weighted by molar-refractivity contribution is 7.98. The molecule has 2 aromatic rings. The molecular weight excluding hydrogens is 368 g/mol. The number of nitrogens with zero attached hydrogens (tertiary/aromatic N) is 1. The van der Waals surface area contributed by atoms with Crippen LogP contribution in [0.5, 0.6) is 5.75 Å². The maximum atomic E-state index is 11.6. The zero-order valence-electron chi connectivity index (χ0n) is 14.9. The third-order valence-corrected chi connectivity index (χ3v) is 5.96. The first kappa shape index (κ1) is 20.9. The molecule has 1 aromatic heterocycles. The standard InChI is InChI=1S/C19H26N2O3S2/c1-26(24)19-11-16(6-7-17(19)22)18(23)13-21-8-2-3-10-25-14-15-5-4-9-20-12-15/h4-7,9,11-12,18,21-23H,2-3,8,10,13-14H2,1H3. The molecule has 26 heavy (non-hydrogen) atoms. The van der Waals surface area contributed by atoms with Gasteiger partial charge < -0.3 is 15.5 Å². The number of unbranched alkanes of at least 4 members (excludes halogenated alkanes) is 1. The van der Waals surface area contributed by atoms with E-state index >= 15 is 0 Å². The molecule has 0 saturated carbocycles. The summed E-state index contributed by atoms with van der Waals surface area (Å²) in [5, 5.41) is 23.2. The average Bonchev–Trinajstić information content (AvgIpc) is 2.64. The fourth-order valence-corrected chi connectivity index (χ4v) is 4.08. The summed E-state index contributed by atoms with van der Waals surface area (Å²) >= 11 is 1.90. The SMILES string of the molecule is CS(=O)c1cc(C(O)CNCCCCSCc2cccnc2)ccc1O. The molecule has 0 aliphatic carbocycles. The van der Waals surface area contributed by atoms with E-state index in [9.17, 15) is 14.4 Å². The van der Waals surface area contributed by atoms with Crippen LogP contribution in [0.2, 0.25) is 0 Å². The minimum absolute atomic E-state index is 0.00136. The van der Waals surface area contributed by atoms with Crippen molar-refractivity contribution in [3.8, 4) is 5.75 Å². The van der Waals surface area contributed by atoms with Crippen molar-refractivity contribution in [2.45, 2.75) is 29.6 Å². The lowest BCUT2D eigenvalue weighted by Crippen LogP contribution is -2.22. The van der Waals surface area contributed by atoms with Gasteiger partial charge in [-0.15, -0.1) is 0 Å². The summed E-state index contributed by atoms with van der Waals surface area (Å²) < 4.78 is 11.6. The molecular formula is C19H26N2O3S2. The quantitative estimate of drug-likeness (QED) is 0.509. The third kappa shape index (κ3) is 7.07. The van der Waals surface area contributed by atoms with Crippen LogP contribution in [0, 0.1) is 0 Å². The molecule has 1 heterocycles. The zero-order valence-corrected chi connectivity index (χ0v) is 16.6. The minimum atomic E-state index is -1.28. The number of hydrogen-bond acceptors (Lipinski definition) is 6. The number of nitrogens with one attached hydrogen (secondary N) is 1. The van der Waals surface area contributed by atoms with Gasteiger partial charge in [-0.25, -0.2) is 0 Å². The first-order valence-electron chi connectivity index (χ1n) is 8.59. The largest absolute Gasteiger partial charge is 0.507 e. The number of aromatic hydroxyl groups is 1. The van der Waals surface area contributed by atoms with Crippen molar-refractivity contribution < 1.29 is 14.4 Å². The van der Waals surface area contributed by atoms with Gasteiger partial charge in [0.25, 0.3) is 0 Å². The van der Waals surface area contributed by atoms with Crippen molar-refractivity contribution in [1.29, 1.82) is 0 Å². The van der Waals surface area contributed by atoms with Gasteiger partial charge in [-0.3, -0.25) is 9.19 Å².